The molecule has 0 aliphatic carbocycles. The van der Waals surface area contributed by atoms with Gasteiger partial charge in [0.25, 0.3) is 0 Å². The van der Waals surface area contributed by atoms with Crippen LogP contribution in [0, 0.1) is 0 Å². The molecule has 0 N–H and O–H groups in total. The SMILES string of the molecule is COC(=O)[C@@H]1CCCN1Cc1ccc2c(c1)CN(Cc1ccc(OC)c(OC)c1Cl)CCO2. The van der Waals surface area contributed by atoms with E-state index in [4.69, 9.17) is 30.5 Å². The summed E-state index contributed by atoms with van der Waals surface area (Å²) in [5.41, 5.74) is 3.28. The molecule has 0 aromatic heterocycles. The predicted octanol–water partition coefficient (Wildman–Crippen LogP) is 3.89. The molecule has 4 rings (SSSR count). The topological polar surface area (TPSA) is 60.5 Å². The average molecular weight is 475 g/mol. The molecule has 7 nitrogen and oxygen atoms in total. The van der Waals surface area contributed by atoms with Crippen molar-refractivity contribution in [1.82, 2.24) is 9.80 Å². The van der Waals surface area contributed by atoms with Crippen molar-refractivity contribution in [2.45, 2.75) is 38.5 Å². The highest BCUT2D eigenvalue weighted by Gasteiger charge is 2.31. The van der Waals surface area contributed by atoms with Crippen LogP contribution in [0.1, 0.15) is 29.5 Å². The number of rotatable bonds is 7. The van der Waals surface area contributed by atoms with E-state index in [0.717, 1.165) is 49.4 Å². The second kappa shape index (κ2) is 10.6. The van der Waals surface area contributed by atoms with Crippen LogP contribution in [0.3, 0.4) is 0 Å². The molecule has 2 aromatic carbocycles. The summed E-state index contributed by atoms with van der Waals surface area (Å²) in [5, 5.41) is 0.568. The smallest absolute Gasteiger partial charge is 0.323 e. The van der Waals surface area contributed by atoms with E-state index in [2.05, 4.69) is 21.9 Å². The molecule has 8 heteroatoms. The summed E-state index contributed by atoms with van der Waals surface area (Å²) >= 11 is 6.62. The van der Waals surface area contributed by atoms with Gasteiger partial charge in [0.1, 0.15) is 18.4 Å². The molecule has 33 heavy (non-hydrogen) atoms. The van der Waals surface area contributed by atoms with Crippen molar-refractivity contribution in [3.05, 3.63) is 52.0 Å². The molecule has 0 unspecified atom stereocenters. The second-order valence-electron chi connectivity index (χ2n) is 8.43. The lowest BCUT2D eigenvalue weighted by Crippen LogP contribution is -2.36. The molecule has 0 saturated carbocycles. The van der Waals surface area contributed by atoms with E-state index in [1.807, 2.05) is 18.2 Å². The highest BCUT2D eigenvalue weighted by molar-refractivity contribution is 6.33. The zero-order valence-corrected chi connectivity index (χ0v) is 20.2. The lowest BCUT2D eigenvalue weighted by Gasteiger charge is -2.23. The third-order valence-electron chi connectivity index (χ3n) is 6.37. The summed E-state index contributed by atoms with van der Waals surface area (Å²) in [7, 11) is 4.65. The number of fused-ring (bicyclic) bond motifs is 1. The first-order valence-electron chi connectivity index (χ1n) is 11.2. The molecule has 1 saturated heterocycles. The number of methoxy groups -OCH3 is 3. The number of carbonyl (C=O) groups is 1. The van der Waals surface area contributed by atoms with Gasteiger partial charge >= 0.3 is 5.97 Å². The minimum Gasteiger partial charge on any atom is -0.493 e. The molecular weight excluding hydrogens is 444 g/mol. The molecule has 0 bridgehead atoms. The van der Waals surface area contributed by atoms with E-state index < -0.39 is 0 Å². The normalized spacial score (nSPS) is 18.8. The first-order valence-corrected chi connectivity index (χ1v) is 11.6. The fraction of sp³-hybridized carbons (Fsp3) is 0.480. The van der Waals surface area contributed by atoms with Gasteiger partial charge in [-0.1, -0.05) is 23.7 Å². The van der Waals surface area contributed by atoms with Gasteiger partial charge in [0.15, 0.2) is 11.5 Å². The van der Waals surface area contributed by atoms with Gasteiger partial charge in [0.2, 0.25) is 0 Å². The van der Waals surface area contributed by atoms with Crippen LogP contribution in [0.25, 0.3) is 0 Å². The summed E-state index contributed by atoms with van der Waals surface area (Å²) < 4.78 is 21.8. The summed E-state index contributed by atoms with van der Waals surface area (Å²) in [4.78, 5) is 16.6. The molecule has 178 valence electrons. The minimum absolute atomic E-state index is 0.149. The fourth-order valence-electron chi connectivity index (χ4n) is 4.68. The Kier molecular flexibility index (Phi) is 7.63. The Bertz CT molecular complexity index is 999. The maximum absolute atomic E-state index is 12.1. The average Bonchev–Trinajstić information content (AvgIpc) is 3.19. The highest BCUT2D eigenvalue weighted by atomic mass is 35.5. The van der Waals surface area contributed by atoms with Crippen molar-refractivity contribution in [2.75, 3.05) is 41.0 Å². The van der Waals surface area contributed by atoms with Crippen molar-refractivity contribution in [3.63, 3.8) is 0 Å². The van der Waals surface area contributed by atoms with E-state index in [9.17, 15) is 4.79 Å². The summed E-state index contributed by atoms with van der Waals surface area (Å²) in [5.74, 6) is 1.93. The van der Waals surface area contributed by atoms with Gasteiger partial charge in [-0.2, -0.15) is 0 Å². The van der Waals surface area contributed by atoms with Gasteiger partial charge in [-0.15, -0.1) is 0 Å². The van der Waals surface area contributed by atoms with Crippen molar-refractivity contribution >= 4 is 17.6 Å². The number of benzene rings is 2. The zero-order valence-electron chi connectivity index (χ0n) is 19.4. The number of esters is 1. The monoisotopic (exact) mass is 474 g/mol. The lowest BCUT2D eigenvalue weighted by molar-refractivity contribution is -0.146. The van der Waals surface area contributed by atoms with Crippen LogP contribution >= 0.6 is 11.6 Å². The standard InChI is InChI=1S/C25H31ClN2O5/c1-30-22-9-7-18(23(26)24(22)31-2)15-27-11-12-33-21-8-6-17(13-19(21)16-27)14-28-10-4-5-20(28)25(29)32-3/h6-9,13,20H,4-5,10-12,14-16H2,1-3H3/t20-/m0/s1. The number of hydrogen-bond donors (Lipinski definition) is 0. The lowest BCUT2D eigenvalue weighted by atomic mass is 10.1. The van der Waals surface area contributed by atoms with Gasteiger partial charge < -0.3 is 18.9 Å². The summed E-state index contributed by atoms with van der Waals surface area (Å²) in [6, 6.07) is 10.0. The number of ether oxygens (including phenoxy) is 4. The van der Waals surface area contributed by atoms with Crippen molar-refractivity contribution < 1.29 is 23.7 Å². The molecule has 2 heterocycles. The highest BCUT2D eigenvalue weighted by Crippen LogP contribution is 2.38. The van der Waals surface area contributed by atoms with Crippen molar-refractivity contribution in [1.29, 1.82) is 0 Å². The van der Waals surface area contributed by atoms with Gasteiger partial charge in [-0.05, 0) is 48.7 Å². The number of carbonyl (C=O) groups excluding carboxylic acids is 1. The number of halogens is 1. The fourth-order valence-corrected chi connectivity index (χ4v) is 4.97. The molecule has 2 aliphatic rings. The Balaban J connectivity index is 1.50. The first-order chi connectivity index (χ1) is 16.0. The van der Waals surface area contributed by atoms with Crippen LogP contribution in [-0.4, -0.2) is 62.8 Å². The van der Waals surface area contributed by atoms with E-state index in [1.54, 1.807) is 14.2 Å². The van der Waals surface area contributed by atoms with Gasteiger partial charge in [-0.25, -0.2) is 0 Å². The predicted molar refractivity (Wildman–Crippen MR) is 126 cm³/mol. The first kappa shape index (κ1) is 23.7. The number of hydrogen-bond acceptors (Lipinski definition) is 7. The van der Waals surface area contributed by atoms with Crippen molar-refractivity contribution in [2.24, 2.45) is 0 Å². The Labute approximate surface area is 200 Å². The molecule has 0 radical (unpaired) electrons. The number of likely N-dealkylation sites (tertiary alicyclic amines) is 1. The van der Waals surface area contributed by atoms with E-state index in [-0.39, 0.29) is 12.0 Å². The minimum atomic E-state index is -0.159. The third-order valence-corrected chi connectivity index (χ3v) is 6.78. The van der Waals surface area contributed by atoms with Crippen LogP contribution in [0.5, 0.6) is 17.2 Å². The Morgan fingerprint density at radius 2 is 1.97 bits per heavy atom. The Hall–Kier alpha value is -2.48. The quantitative estimate of drug-likeness (QED) is 0.564. The van der Waals surface area contributed by atoms with Crippen LogP contribution < -0.4 is 14.2 Å². The van der Waals surface area contributed by atoms with Gasteiger partial charge in [0.05, 0.1) is 26.4 Å². The largest absolute Gasteiger partial charge is 0.493 e. The molecular formula is C25H31ClN2O5. The summed E-state index contributed by atoms with van der Waals surface area (Å²) in [6.45, 7) is 4.42. The molecule has 0 spiro atoms. The third kappa shape index (κ3) is 5.21. The van der Waals surface area contributed by atoms with E-state index in [1.165, 1.54) is 12.7 Å². The van der Waals surface area contributed by atoms with Crippen LogP contribution in [0.4, 0.5) is 0 Å². The van der Waals surface area contributed by atoms with E-state index >= 15 is 0 Å². The van der Waals surface area contributed by atoms with Crippen LogP contribution in [0.15, 0.2) is 30.3 Å². The van der Waals surface area contributed by atoms with Crippen LogP contribution in [0.2, 0.25) is 5.02 Å². The molecule has 1 atom stereocenters. The Morgan fingerprint density at radius 1 is 1.12 bits per heavy atom. The molecule has 1 fully saturated rings. The molecule has 0 amide bonds. The molecule has 2 aliphatic heterocycles. The van der Waals surface area contributed by atoms with Crippen molar-refractivity contribution in [3.8, 4) is 17.2 Å². The van der Waals surface area contributed by atoms with Crippen LogP contribution in [-0.2, 0) is 29.2 Å². The van der Waals surface area contributed by atoms with Gasteiger partial charge in [0, 0.05) is 31.7 Å². The van der Waals surface area contributed by atoms with E-state index in [0.29, 0.717) is 36.2 Å². The number of nitrogens with zero attached hydrogens (tertiary/aromatic N) is 2. The Morgan fingerprint density at radius 3 is 2.73 bits per heavy atom. The maximum atomic E-state index is 12.1. The summed E-state index contributed by atoms with van der Waals surface area (Å²) in [6.07, 6.45) is 1.86. The van der Waals surface area contributed by atoms with Gasteiger partial charge in [-0.3, -0.25) is 14.6 Å². The molecule has 2 aromatic rings. The second-order valence-corrected chi connectivity index (χ2v) is 8.80. The maximum Gasteiger partial charge on any atom is 0.323 e. The zero-order chi connectivity index (χ0) is 23.4.